The zero-order valence-corrected chi connectivity index (χ0v) is 13.3. The van der Waals surface area contributed by atoms with Gasteiger partial charge in [0.2, 0.25) is 0 Å². The number of imidazole rings is 1. The Morgan fingerprint density at radius 3 is 2.95 bits per heavy atom. The Kier molecular flexibility index (Phi) is 4.07. The minimum atomic E-state index is 0.135. The lowest BCUT2D eigenvalue weighted by Crippen LogP contribution is -2.33. The van der Waals surface area contributed by atoms with Gasteiger partial charge in [-0.2, -0.15) is 11.3 Å². The zero-order valence-electron chi connectivity index (χ0n) is 12.5. The molecule has 0 radical (unpaired) electrons. The first-order valence-electron chi connectivity index (χ1n) is 7.14. The molecule has 6 heteroatoms. The molecule has 1 aliphatic heterocycles. The molecular formula is C15H20N4OS. The van der Waals surface area contributed by atoms with Gasteiger partial charge in [-0.25, -0.2) is 4.98 Å². The number of carbonyl (C=O) groups excluding carboxylic acids is 1. The second-order valence-electron chi connectivity index (χ2n) is 5.61. The molecular weight excluding hydrogens is 284 g/mol. The van der Waals surface area contributed by atoms with Crippen LogP contribution in [0.25, 0.3) is 0 Å². The quantitative estimate of drug-likeness (QED) is 0.867. The number of thiophene rings is 1. The minimum Gasteiger partial charge on any atom is -0.336 e. The van der Waals surface area contributed by atoms with Gasteiger partial charge in [0, 0.05) is 44.2 Å². The van der Waals surface area contributed by atoms with Crippen molar-refractivity contribution in [2.45, 2.75) is 19.5 Å². The number of rotatable bonds is 3. The lowest BCUT2D eigenvalue weighted by Gasteiger charge is -2.19. The highest BCUT2D eigenvalue weighted by molar-refractivity contribution is 7.08. The average molecular weight is 304 g/mol. The lowest BCUT2D eigenvalue weighted by atomic mass is 10.2. The van der Waals surface area contributed by atoms with E-state index >= 15 is 0 Å². The molecule has 1 amide bonds. The molecule has 112 valence electrons. The highest BCUT2D eigenvalue weighted by Crippen LogP contribution is 2.16. The van der Waals surface area contributed by atoms with Crippen molar-refractivity contribution in [3.05, 3.63) is 40.1 Å². The lowest BCUT2D eigenvalue weighted by molar-refractivity contribution is 0.0759. The van der Waals surface area contributed by atoms with Crippen LogP contribution in [0.15, 0.2) is 23.0 Å². The summed E-state index contributed by atoms with van der Waals surface area (Å²) in [7, 11) is 4.12. The van der Waals surface area contributed by atoms with Crippen molar-refractivity contribution < 1.29 is 4.79 Å². The maximum Gasteiger partial charge on any atom is 0.254 e. The standard InChI is InChI=1S/C15H20N4OS/c1-17(2)10-13-9-16-14-3-5-18(6-7-19(13)14)15(20)12-4-8-21-11-12/h4,8-9,11H,3,5-7,10H2,1-2H3. The van der Waals surface area contributed by atoms with Crippen molar-refractivity contribution in [1.29, 1.82) is 0 Å². The molecule has 1 aliphatic rings. The largest absolute Gasteiger partial charge is 0.336 e. The molecule has 3 heterocycles. The molecule has 0 fully saturated rings. The molecule has 0 saturated heterocycles. The van der Waals surface area contributed by atoms with Crippen LogP contribution in [0.1, 0.15) is 21.9 Å². The Bertz CT molecular complexity index is 618. The summed E-state index contributed by atoms with van der Waals surface area (Å²) in [6.45, 7) is 3.20. The van der Waals surface area contributed by atoms with E-state index in [1.165, 1.54) is 5.69 Å². The normalized spacial score (nSPS) is 15.1. The monoisotopic (exact) mass is 304 g/mol. The van der Waals surface area contributed by atoms with E-state index < -0.39 is 0 Å². The third-order valence-electron chi connectivity index (χ3n) is 3.75. The van der Waals surface area contributed by atoms with Crippen LogP contribution in [0.2, 0.25) is 0 Å². The Morgan fingerprint density at radius 1 is 1.38 bits per heavy atom. The van der Waals surface area contributed by atoms with Gasteiger partial charge in [0.15, 0.2) is 0 Å². The van der Waals surface area contributed by atoms with Crippen LogP contribution >= 0.6 is 11.3 Å². The van der Waals surface area contributed by atoms with E-state index in [1.807, 2.05) is 27.9 Å². The van der Waals surface area contributed by atoms with Gasteiger partial charge in [-0.05, 0) is 25.5 Å². The predicted octanol–water partition coefficient (Wildman–Crippen LogP) is 1.70. The number of hydrogen-bond donors (Lipinski definition) is 0. The van der Waals surface area contributed by atoms with Crippen LogP contribution in [0, 0.1) is 0 Å². The summed E-state index contributed by atoms with van der Waals surface area (Å²) < 4.78 is 2.26. The van der Waals surface area contributed by atoms with E-state index in [-0.39, 0.29) is 5.91 Å². The summed E-state index contributed by atoms with van der Waals surface area (Å²) in [4.78, 5) is 21.1. The van der Waals surface area contributed by atoms with Crippen LogP contribution in [0.3, 0.4) is 0 Å². The fraction of sp³-hybridized carbons (Fsp3) is 0.467. The maximum atomic E-state index is 12.4. The smallest absolute Gasteiger partial charge is 0.254 e. The molecule has 2 aromatic heterocycles. The van der Waals surface area contributed by atoms with Gasteiger partial charge in [0.1, 0.15) is 5.82 Å². The molecule has 0 aliphatic carbocycles. The Morgan fingerprint density at radius 2 is 2.24 bits per heavy atom. The summed E-state index contributed by atoms with van der Waals surface area (Å²) >= 11 is 1.56. The number of amides is 1. The van der Waals surface area contributed by atoms with Crippen molar-refractivity contribution in [1.82, 2.24) is 19.4 Å². The molecule has 3 rings (SSSR count). The van der Waals surface area contributed by atoms with Crippen LogP contribution in [0.5, 0.6) is 0 Å². The molecule has 0 unspecified atom stereocenters. The Hall–Kier alpha value is -1.66. The van der Waals surface area contributed by atoms with E-state index in [9.17, 15) is 4.79 Å². The number of fused-ring (bicyclic) bond motifs is 1. The minimum absolute atomic E-state index is 0.135. The van der Waals surface area contributed by atoms with E-state index in [1.54, 1.807) is 11.3 Å². The van der Waals surface area contributed by atoms with Crippen LogP contribution < -0.4 is 0 Å². The average Bonchev–Trinajstić information content (AvgIpc) is 3.04. The van der Waals surface area contributed by atoms with Crippen molar-refractivity contribution in [2.24, 2.45) is 0 Å². The third kappa shape index (κ3) is 3.01. The van der Waals surface area contributed by atoms with E-state index in [0.29, 0.717) is 0 Å². The number of nitrogens with zero attached hydrogens (tertiary/aromatic N) is 4. The van der Waals surface area contributed by atoms with Gasteiger partial charge in [-0.1, -0.05) is 0 Å². The van der Waals surface area contributed by atoms with Crippen molar-refractivity contribution in [3.63, 3.8) is 0 Å². The molecule has 0 N–H and O–H groups in total. The molecule has 0 bridgehead atoms. The summed E-state index contributed by atoms with van der Waals surface area (Å²) in [5.41, 5.74) is 2.02. The number of hydrogen-bond acceptors (Lipinski definition) is 4. The van der Waals surface area contributed by atoms with Crippen molar-refractivity contribution >= 4 is 17.2 Å². The maximum absolute atomic E-state index is 12.4. The molecule has 0 aromatic carbocycles. The van der Waals surface area contributed by atoms with Crippen molar-refractivity contribution in [3.8, 4) is 0 Å². The first kappa shape index (κ1) is 14.3. The Labute approximate surface area is 128 Å². The summed E-state index contributed by atoms with van der Waals surface area (Å²) in [6, 6.07) is 1.90. The molecule has 0 saturated carbocycles. The molecule has 5 nitrogen and oxygen atoms in total. The van der Waals surface area contributed by atoms with Gasteiger partial charge in [0.05, 0.1) is 11.3 Å². The van der Waals surface area contributed by atoms with Crippen molar-refractivity contribution in [2.75, 3.05) is 27.2 Å². The topological polar surface area (TPSA) is 41.4 Å². The van der Waals surface area contributed by atoms with E-state index in [4.69, 9.17) is 0 Å². The fourth-order valence-corrected chi connectivity index (χ4v) is 3.35. The van der Waals surface area contributed by atoms with E-state index in [0.717, 1.165) is 44.0 Å². The SMILES string of the molecule is CN(C)Cc1cnc2n1CCN(C(=O)c1ccsc1)CC2. The van der Waals surface area contributed by atoms with E-state index in [2.05, 4.69) is 28.5 Å². The highest BCUT2D eigenvalue weighted by atomic mass is 32.1. The zero-order chi connectivity index (χ0) is 14.8. The van der Waals surface area contributed by atoms with Gasteiger partial charge in [-0.3, -0.25) is 4.79 Å². The first-order valence-corrected chi connectivity index (χ1v) is 8.09. The molecule has 21 heavy (non-hydrogen) atoms. The fourth-order valence-electron chi connectivity index (χ4n) is 2.72. The number of carbonyl (C=O) groups is 1. The van der Waals surface area contributed by atoms with Gasteiger partial charge < -0.3 is 14.4 Å². The van der Waals surface area contributed by atoms with Gasteiger partial charge >= 0.3 is 0 Å². The first-order chi connectivity index (χ1) is 10.1. The molecule has 0 atom stereocenters. The van der Waals surface area contributed by atoms with Crippen LogP contribution in [-0.4, -0.2) is 52.4 Å². The van der Waals surface area contributed by atoms with Gasteiger partial charge in [-0.15, -0.1) is 0 Å². The van der Waals surface area contributed by atoms with Gasteiger partial charge in [0.25, 0.3) is 5.91 Å². The third-order valence-corrected chi connectivity index (χ3v) is 4.44. The highest BCUT2D eigenvalue weighted by Gasteiger charge is 2.21. The van der Waals surface area contributed by atoms with Crippen LogP contribution in [-0.2, 0) is 19.5 Å². The molecule has 0 spiro atoms. The second kappa shape index (κ2) is 5.99. The summed E-state index contributed by atoms with van der Waals surface area (Å²) in [5, 5.41) is 3.87. The Balaban J connectivity index is 1.74. The summed E-state index contributed by atoms with van der Waals surface area (Å²) in [5.74, 6) is 1.23. The predicted molar refractivity (Wildman–Crippen MR) is 83.5 cm³/mol. The number of aromatic nitrogens is 2. The second-order valence-corrected chi connectivity index (χ2v) is 6.39. The van der Waals surface area contributed by atoms with Crippen LogP contribution in [0.4, 0.5) is 0 Å². The summed E-state index contributed by atoms with van der Waals surface area (Å²) in [6.07, 6.45) is 2.79. The molecule has 2 aromatic rings.